The van der Waals surface area contributed by atoms with E-state index in [9.17, 15) is 0 Å². The molecule has 2 aliphatic rings. The summed E-state index contributed by atoms with van der Waals surface area (Å²) in [4.78, 5) is 6.61. The maximum absolute atomic E-state index is 6.61. The molecule has 1 heterocycles. The smallest absolute Gasteiger partial charge is 0.0911 e. The molecule has 3 atom stereocenters. The van der Waals surface area contributed by atoms with Crippen LogP contribution < -0.4 is 5.06 Å². The Morgan fingerprint density at radius 3 is 2.23 bits per heavy atom. The van der Waals surface area contributed by atoms with Crippen LogP contribution in [0.1, 0.15) is 42.9 Å². The first-order valence-electron chi connectivity index (χ1n) is 11.1. The maximum atomic E-state index is 6.61. The summed E-state index contributed by atoms with van der Waals surface area (Å²) >= 11 is 0. The van der Waals surface area contributed by atoms with E-state index in [1.165, 1.54) is 35.1 Å². The van der Waals surface area contributed by atoms with Crippen molar-refractivity contribution >= 4 is 5.69 Å². The minimum absolute atomic E-state index is 0.244. The number of aryl methyl sites for hydroxylation is 1. The van der Waals surface area contributed by atoms with Crippen molar-refractivity contribution in [3.63, 3.8) is 0 Å². The van der Waals surface area contributed by atoms with E-state index in [1.807, 2.05) is 0 Å². The van der Waals surface area contributed by atoms with Gasteiger partial charge in [0.05, 0.1) is 17.8 Å². The van der Waals surface area contributed by atoms with Gasteiger partial charge in [0.2, 0.25) is 0 Å². The molecule has 0 radical (unpaired) electrons. The minimum atomic E-state index is 0.244. The van der Waals surface area contributed by atoms with Crippen molar-refractivity contribution in [2.45, 2.75) is 44.8 Å². The Morgan fingerprint density at radius 1 is 0.800 bits per heavy atom. The first-order valence-corrected chi connectivity index (χ1v) is 11.1. The van der Waals surface area contributed by atoms with Crippen LogP contribution in [-0.2, 0) is 4.84 Å². The van der Waals surface area contributed by atoms with E-state index in [0.29, 0.717) is 5.92 Å². The molecule has 0 aromatic heterocycles. The van der Waals surface area contributed by atoms with Gasteiger partial charge in [-0.1, -0.05) is 84.4 Å². The van der Waals surface area contributed by atoms with E-state index >= 15 is 0 Å². The number of nitrogens with zero attached hydrogens (tertiary/aromatic N) is 1. The van der Waals surface area contributed by atoms with E-state index in [4.69, 9.17) is 4.84 Å². The fourth-order valence-corrected chi connectivity index (χ4v) is 4.74. The predicted molar refractivity (Wildman–Crippen MR) is 124 cm³/mol. The van der Waals surface area contributed by atoms with Gasteiger partial charge in [-0.2, -0.15) is 0 Å². The summed E-state index contributed by atoms with van der Waals surface area (Å²) in [6.45, 7) is 2.13. The summed E-state index contributed by atoms with van der Waals surface area (Å²) in [5, 5.41) is 2.17. The van der Waals surface area contributed by atoms with Crippen LogP contribution in [0.3, 0.4) is 0 Å². The highest BCUT2D eigenvalue weighted by Crippen LogP contribution is 2.42. The van der Waals surface area contributed by atoms with E-state index in [0.717, 1.165) is 18.5 Å². The fourth-order valence-electron chi connectivity index (χ4n) is 4.74. The second kappa shape index (κ2) is 8.49. The number of hydrogen-bond donors (Lipinski definition) is 0. The maximum Gasteiger partial charge on any atom is 0.0911 e. The number of rotatable bonds is 4. The van der Waals surface area contributed by atoms with Gasteiger partial charge in [0.25, 0.3) is 0 Å². The van der Waals surface area contributed by atoms with E-state index in [2.05, 4.69) is 103 Å². The average Bonchev–Trinajstić information content (AvgIpc) is 3.26. The second-order valence-corrected chi connectivity index (χ2v) is 8.59. The Labute approximate surface area is 179 Å². The first-order chi connectivity index (χ1) is 14.8. The molecule has 30 heavy (non-hydrogen) atoms. The van der Waals surface area contributed by atoms with Crippen molar-refractivity contribution in [2.75, 3.05) is 5.06 Å². The molecule has 0 N–H and O–H groups in total. The molecule has 0 bridgehead atoms. The van der Waals surface area contributed by atoms with Gasteiger partial charge in [0, 0.05) is 6.42 Å². The Balaban J connectivity index is 1.44. The molecule has 1 aliphatic carbocycles. The molecule has 3 aromatic rings. The highest BCUT2D eigenvalue weighted by Gasteiger charge is 2.38. The van der Waals surface area contributed by atoms with Gasteiger partial charge >= 0.3 is 0 Å². The zero-order chi connectivity index (χ0) is 20.3. The SMILES string of the molecule is Cc1ccc(N2OC(C3CC=CCC3)CC2c2ccc(-c3ccccc3)cc2)cc1. The summed E-state index contributed by atoms with van der Waals surface area (Å²) in [6, 6.07) is 28.6. The third-order valence-corrected chi connectivity index (χ3v) is 6.51. The normalized spacial score (nSPS) is 23.6. The van der Waals surface area contributed by atoms with Gasteiger partial charge in [-0.15, -0.1) is 0 Å². The lowest BCUT2D eigenvalue weighted by Gasteiger charge is -2.27. The van der Waals surface area contributed by atoms with Crippen molar-refractivity contribution in [1.29, 1.82) is 0 Å². The van der Waals surface area contributed by atoms with Crippen LogP contribution in [0.2, 0.25) is 0 Å². The van der Waals surface area contributed by atoms with Crippen LogP contribution in [0.15, 0.2) is 91.0 Å². The Morgan fingerprint density at radius 2 is 1.53 bits per heavy atom. The highest BCUT2D eigenvalue weighted by molar-refractivity contribution is 5.63. The first kappa shape index (κ1) is 19.1. The molecule has 0 amide bonds. The van der Waals surface area contributed by atoms with Gasteiger partial charge in [-0.25, -0.2) is 5.06 Å². The van der Waals surface area contributed by atoms with E-state index in [1.54, 1.807) is 0 Å². The molecule has 1 saturated heterocycles. The van der Waals surface area contributed by atoms with E-state index < -0.39 is 0 Å². The average molecular weight is 396 g/mol. The lowest BCUT2D eigenvalue weighted by atomic mass is 9.86. The van der Waals surface area contributed by atoms with Gasteiger partial charge in [0.1, 0.15) is 0 Å². The van der Waals surface area contributed by atoms with Crippen LogP contribution in [0.5, 0.6) is 0 Å². The molecule has 1 fully saturated rings. The van der Waals surface area contributed by atoms with Gasteiger partial charge in [-0.05, 0) is 60.9 Å². The molecule has 2 heteroatoms. The number of hydrogen-bond acceptors (Lipinski definition) is 2. The summed E-state index contributed by atoms with van der Waals surface area (Å²) in [6.07, 6.45) is 9.48. The van der Waals surface area contributed by atoms with Crippen molar-refractivity contribution < 1.29 is 4.84 Å². The van der Waals surface area contributed by atoms with Crippen LogP contribution in [0.25, 0.3) is 11.1 Å². The third-order valence-electron chi connectivity index (χ3n) is 6.51. The third kappa shape index (κ3) is 3.93. The molecular formula is C28H29NO. The standard InChI is InChI=1S/C28H29NO/c1-21-12-18-26(19-13-21)29-27(20-28(30-29)25-10-6-3-7-11-25)24-16-14-23(15-17-24)22-8-4-2-5-9-22/h2-6,8-9,12-19,25,27-28H,7,10-11,20H2,1H3. The zero-order valence-electron chi connectivity index (χ0n) is 17.6. The molecular weight excluding hydrogens is 366 g/mol. The van der Waals surface area contributed by atoms with Crippen LogP contribution in [-0.4, -0.2) is 6.10 Å². The van der Waals surface area contributed by atoms with Crippen molar-refractivity contribution in [2.24, 2.45) is 5.92 Å². The lowest BCUT2D eigenvalue weighted by Crippen LogP contribution is -2.25. The van der Waals surface area contributed by atoms with Crippen molar-refractivity contribution in [3.05, 3.63) is 102 Å². The number of hydroxylamine groups is 1. The Bertz CT molecular complexity index is 991. The molecule has 1 aliphatic heterocycles. The summed E-state index contributed by atoms with van der Waals surface area (Å²) in [5.74, 6) is 0.608. The Kier molecular flexibility index (Phi) is 5.42. The Hall–Kier alpha value is -2.84. The van der Waals surface area contributed by atoms with Crippen molar-refractivity contribution in [3.8, 4) is 11.1 Å². The fraction of sp³-hybridized carbons (Fsp3) is 0.286. The van der Waals surface area contributed by atoms with Crippen LogP contribution >= 0.6 is 0 Å². The molecule has 152 valence electrons. The summed E-state index contributed by atoms with van der Waals surface area (Å²) < 4.78 is 0. The van der Waals surface area contributed by atoms with Crippen LogP contribution in [0, 0.1) is 12.8 Å². The van der Waals surface area contributed by atoms with Crippen LogP contribution in [0.4, 0.5) is 5.69 Å². The van der Waals surface area contributed by atoms with Crippen molar-refractivity contribution in [1.82, 2.24) is 0 Å². The molecule has 0 saturated carbocycles. The quantitative estimate of drug-likeness (QED) is 0.431. The van der Waals surface area contributed by atoms with Gasteiger partial charge in [-0.3, -0.25) is 4.84 Å². The zero-order valence-corrected chi connectivity index (χ0v) is 17.6. The predicted octanol–water partition coefficient (Wildman–Crippen LogP) is 7.27. The summed E-state index contributed by atoms with van der Waals surface area (Å²) in [5.41, 5.74) is 6.26. The number of benzene rings is 3. The lowest BCUT2D eigenvalue weighted by molar-refractivity contribution is 0.0390. The molecule has 5 rings (SSSR count). The van der Waals surface area contributed by atoms with Gasteiger partial charge < -0.3 is 0 Å². The summed E-state index contributed by atoms with van der Waals surface area (Å²) in [7, 11) is 0. The second-order valence-electron chi connectivity index (χ2n) is 8.59. The molecule has 2 nitrogen and oxygen atoms in total. The molecule has 3 unspecified atom stereocenters. The largest absolute Gasteiger partial charge is 0.269 e. The monoisotopic (exact) mass is 395 g/mol. The van der Waals surface area contributed by atoms with E-state index in [-0.39, 0.29) is 12.1 Å². The molecule has 0 spiro atoms. The molecule has 3 aromatic carbocycles. The number of allylic oxidation sites excluding steroid dienone is 2. The topological polar surface area (TPSA) is 12.5 Å². The minimum Gasteiger partial charge on any atom is -0.269 e. The number of anilines is 1. The highest BCUT2D eigenvalue weighted by atomic mass is 16.7. The van der Waals surface area contributed by atoms with Gasteiger partial charge in [0.15, 0.2) is 0 Å².